The van der Waals surface area contributed by atoms with Gasteiger partial charge in [-0.25, -0.2) is 0 Å². The lowest BCUT2D eigenvalue weighted by Gasteiger charge is -2.10. The van der Waals surface area contributed by atoms with Crippen molar-refractivity contribution in [3.63, 3.8) is 0 Å². The average molecular weight is 514 g/mol. The average Bonchev–Trinajstić information content (AvgIpc) is 3.28. The highest BCUT2D eigenvalue weighted by atomic mass is 35.5. The first-order valence-corrected chi connectivity index (χ1v) is 12.2. The molecule has 0 spiro atoms. The molecule has 7 nitrogen and oxygen atoms in total. The monoisotopic (exact) mass is 513 g/mol. The highest BCUT2D eigenvalue weighted by Gasteiger charge is 2.15. The molecule has 0 bridgehead atoms. The van der Waals surface area contributed by atoms with Crippen molar-refractivity contribution in [3.8, 4) is 16.8 Å². The zero-order chi connectivity index (χ0) is 24.1. The number of amides is 1. The normalized spacial score (nSPS) is 10.9. The van der Waals surface area contributed by atoms with Crippen molar-refractivity contribution >= 4 is 46.6 Å². The van der Waals surface area contributed by atoms with Gasteiger partial charge < -0.3 is 10.4 Å². The van der Waals surface area contributed by atoms with Crippen molar-refractivity contribution in [2.45, 2.75) is 18.5 Å². The standard InChI is InChI=1S/C24H21Cl2N5O2S/c1-15-2-9-22(20(26)12-15)31-24(28-29-30-31)34-14-23(33)27-21-8-7-18(13-19(21)25)17-5-3-16(4-6-17)10-11-32/h2-9,12-13,32H,10-11,14H2,1H3,(H,27,33). The maximum Gasteiger partial charge on any atom is 0.234 e. The molecule has 0 radical (unpaired) electrons. The van der Waals surface area contributed by atoms with Crippen LogP contribution in [-0.2, 0) is 11.2 Å². The number of thioether (sulfide) groups is 1. The molecule has 0 aliphatic heterocycles. The topological polar surface area (TPSA) is 92.9 Å². The van der Waals surface area contributed by atoms with E-state index in [2.05, 4.69) is 20.8 Å². The van der Waals surface area contributed by atoms with Crippen molar-refractivity contribution < 1.29 is 9.90 Å². The van der Waals surface area contributed by atoms with Gasteiger partial charge in [0.2, 0.25) is 11.1 Å². The molecule has 2 N–H and O–H groups in total. The molecule has 4 rings (SSSR count). The smallest absolute Gasteiger partial charge is 0.234 e. The van der Waals surface area contributed by atoms with E-state index in [0.29, 0.717) is 33.0 Å². The molecule has 0 fully saturated rings. The van der Waals surface area contributed by atoms with Gasteiger partial charge in [-0.3, -0.25) is 4.79 Å². The van der Waals surface area contributed by atoms with Crippen LogP contribution in [0.2, 0.25) is 10.0 Å². The molecule has 0 aliphatic rings. The molecule has 1 aromatic heterocycles. The Labute approximate surface area is 211 Å². The number of halogens is 2. The molecule has 1 heterocycles. The highest BCUT2D eigenvalue weighted by molar-refractivity contribution is 7.99. The SMILES string of the molecule is Cc1ccc(-n2nnnc2SCC(=O)Nc2ccc(-c3ccc(CCO)cc3)cc2Cl)c(Cl)c1. The van der Waals surface area contributed by atoms with Gasteiger partial charge in [-0.2, -0.15) is 4.68 Å². The first-order chi connectivity index (χ1) is 16.4. The fourth-order valence-electron chi connectivity index (χ4n) is 3.31. The Kier molecular flexibility index (Phi) is 7.84. The number of rotatable bonds is 8. The molecule has 0 saturated carbocycles. The van der Waals surface area contributed by atoms with Gasteiger partial charge in [0.05, 0.1) is 27.2 Å². The Morgan fingerprint density at radius 1 is 1.03 bits per heavy atom. The maximum absolute atomic E-state index is 12.6. The van der Waals surface area contributed by atoms with Crippen molar-refractivity contribution in [2.75, 3.05) is 17.7 Å². The summed E-state index contributed by atoms with van der Waals surface area (Å²) in [6, 6.07) is 19.0. The van der Waals surface area contributed by atoms with Gasteiger partial charge in [0, 0.05) is 6.61 Å². The second kappa shape index (κ2) is 11.0. The molecular weight excluding hydrogens is 493 g/mol. The third kappa shape index (κ3) is 5.77. The lowest BCUT2D eigenvalue weighted by molar-refractivity contribution is -0.113. The molecule has 1 amide bonds. The van der Waals surface area contributed by atoms with Crippen LogP contribution in [0.1, 0.15) is 11.1 Å². The van der Waals surface area contributed by atoms with E-state index in [1.165, 1.54) is 16.4 Å². The third-order valence-electron chi connectivity index (χ3n) is 5.04. The van der Waals surface area contributed by atoms with Gasteiger partial charge in [-0.1, -0.05) is 71.4 Å². The third-order valence-corrected chi connectivity index (χ3v) is 6.57. The summed E-state index contributed by atoms with van der Waals surface area (Å²) in [6.45, 7) is 2.06. The van der Waals surface area contributed by atoms with E-state index in [1.54, 1.807) is 6.07 Å². The number of anilines is 1. The number of aromatic nitrogens is 4. The fraction of sp³-hybridized carbons (Fsp3) is 0.167. The van der Waals surface area contributed by atoms with Crippen molar-refractivity contribution in [3.05, 3.63) is 81.8 Å². The van der Waals surface area contributed by atoms with E-state index < -0.39 is 0 Å². The van der Waals surface area contributed by atoms with E-state index in [9.17, 15) is 4.79 Å². The highest BCUT2D eigenvalue weighted by Crippen LogP contribution is 2.30. The van der Waals surface area contributed by atoms with Crippen molar-refractivity contribution in [1.29, 1.82) is 0 Å². The Bertz CT molecular complexity index is 1310. The summed E-state index contributed by atoms with van der Waals surface area (Å²) in [5, 5.41) is 25.0. The Balaban J connectivity index is 1.40. The first kappa shape index (κ1) is 24.2. The van der Waals surface area contributed by atoms with Gasteiger partial charge in [0.25, 0.3) is 0 Å². The maximum atomic E-state index is 12.6. The molecule has 0 saturated heterocycles. The number of hydrogen-bond acceptors (Lipinski definition) is 6. The minimum Gasteiger partial charge on any atom is -0.396 e. The van der Waals surface area contributed by atoms with Crippen LogP contribution in [0.4, 0.5) is 5.69 Å². The number of carbonyl (C=O) groups excluding carboxylic acids is 1. The Morgan fingerprint density at radius 2 is 1.79 bits per heavy atom. The first-order valence-electron chi connectivity index (χ1n) is 10.4. The van der Waals surface area contributed by atoms with Crippen LogP contribution >= 0.6 is 35.0 Å². The number of hydrogen-bond donors (Lipinski definition) is 2. The van der Waals surface area contributed by atoms with E-state index in [-0.39, 0.29) is 18.3 Å². The summed E-state index contributed by atoms with van der Waals surface area (Å²) in [5.74, 6) is -0.147. The number of aryl methyl sites for hydroxylation is 1. The van der Waals surface area contributed by atoms with Gasteiger partial charge in [-0.05, 0) is 70.3 Å². The quantitative estimate of drug-likeness (QED) is 0.314. The summed E-state index contributed by atoms with van der Waals surface area (Å²) in [4.78, 5) is 12.6. The predicted molar refractivity (Wildman–Crippen MR) is 136 cm³/mol. The van der Waals surface area contributed by atoms with Gasteiger partial charge in [0.1, 0.15) is 0 Å². The molecule has 0 aliphatic carbocycles. The van der Waals surface area contributed by atoms with Crippen LogP contribution in [0.5, 0.6) is 0 Å². The number of benzene rings is 3. The lowest BCUT2D eigenvalue weighted by atomic mass is 10.0. The van der Waals surface area contributed by atoms with E-state index in [0.717, 1.165) is 22.3 Å². The van der Waals surface area contributed by atoms with Gasteiger partial charge >= 0.3 is 0 Å². The molecule has 174 valence electrons. The number of nitrogens with zero attached hydrogens (tertiary/aromatic N) is 4. The zero-order valence-corrected chi connectivity index (χ0v) is 20.5. The van der Waals surface area contributed by atoms with Crippen LogP contribution in [0, 0.1) is 6.92 Å². The number of aliphatic hydroxyl groups is 1. The number of tetrazole rings is 1. The van der Waals surface area contributed by atoms with Crippen molar-refractivity contribution in [2.24, 2.45) is 0 Å². The minimum atomic E-state index is -0.238. The van der Waals surface area contributed by atoms with Crippen LogP contribution in [-0.4, -0.2) is 43.6 Å². The summed E-state index contributed by atoms with van der Waals surface area (Å²) in [5.41, 5.74) is 5.18. The molecule has 3 aromatic carbocycles. The molecule has 10 heteroatoms. The second-order valence-corrected chi connectivity index (χ2v) is 9.29. The summed E-state index contributed by atoms with van der Waals surface area (Å²) < 4.78 is 1.51. The second-order valence-electron chi connectivity index (χ2n) is 7.53. The fourth-order valence-corrected chi connectivity index (χ4v) is 4.54. The molecule has 4 aromatic rings. The minimum absolute atomic E-state index is 0.0915. The van der Waals surface area contributed by atoms with E-state index in [4.69, 9.17) is 28.3 Å². The molecular formula is C24H21Cl2N5O2S. The largest absolute Gasteiger partial charge is 0.396 e. The Morgan fingerprint density at radius 3 is 2.50 bits per heavy atom. The van der Waals surface area contributed by atoms with E-state index in [1.807, 2.05) is 61.5 Å². The van der Waals surface area contributed by atoms with Crippen molar-refractivity contribution in [1.82, 2.24) is 20.2 Å². The molecule has 0 atom stereocenters. The van der Waals surface area contributed by atoms with Crippen LogP contribution in [0.25, 0.3) is 16.8 Å². The summed E-state index contributed by atoms with van der Waals surface area (Å²) >= 11 is 14.0. The molecule has 0 unspecified atom stereocenters. The van der Waals surface area contributed by atoms with E-state index >= 15 is 0 Å². The van der Waals surface area contributed by atoms with Crippen LogP contribution in [0.15, 0.2) is 65.8 Å². The summed E-state index contributed by atoms with van der Waals surface area (Å²) in [7, 11) is 0. The predicted octanol–water partition coefficient (Wildman–Crippen LogP) is 5.21. The number of nitrogens with one attached hydrogen (secondary N) is 1. The van der Waals surface area contributed by atoms with Gasteiger partial charge in [-0.15, -0.1) is 5.10 Å². The Hall–Kier alpha value is -2.91. The van der Waals surface area contributed by atoms with Crippen LogP contribution < -0.4 is 5.32 Å². The van der Waals surface area contributed by atoms with Gasteiger partial charge in [0.15, 0.2) is 0 Å². The lowest BCUT2D eigenvalue weighted by Crippen LogP contribution is -2.15. The number of aliphatic hydroxyl groups excluding tert-OH is 1. The molecule has 34 heavy (non-hydrogen) atoms. The number of carbonyl (C=O) groups is 1. The summed E-state index contributed by atoms with van der Waals surface area (Å²) in [6.07, 6.45) is 0.619. The van der Waals surface area contributed by atoms with Crippen LogP contribution in [0.3, 0.4) is 0 Å². The zero-order valence-electron chi connectivity index (χ0n) is 18.2.